The van der Waals surface area contributed by atoms with Crippen molar-refractivity contribution in [3.05, 3.63) is 72.6 Å². The number of ether oxygens (including phenoxy) is 3. The number of hydrogen-bond donors (Lipinski definition) is 4. The number of amides is 1. The first-order valence-corrected chi connectivity index (χ1v) is 11.9. The zero-order chi connectivity index (χ0) is 26.6. The number of nitrogens with one attached hydrogen (secondary N) is 2. The molecule has 0 spiro atoms. The van der Waals surface area contributed by atoms with Crippen LogP contribution in [0.1, 0.15) is 18.6 Å². The van der Waals surface area contributed by atoms with Gasteiger partial charge < -0.3 is 29.4 Å². The van der Waals surface area contributed by atoms with Crippen LogP contribution in [0, 0.1) is 0 Å². The molecule has 194 valence electrons. The van der Waals surface area contributed by atoms with E-state index in [1.54, 1.807) is 62.6 Å². The molecule has 5 rings (SSSR count). The van der Waals surface area contributed by atoms with Crippen molar-refractivity contribution in [3.63, 3.8) is 0 Å². The van der Waals surface area contributed by atoms with E-state index in [1.807, 2.05) is 12.1 Å². The Labute approximate surface area is 217 Å². The third kappa shape index (κ3) is 5.22. The lowest BCUT2D eigenvalue weighted by atomic mass is 10.0. The van der Waals surface area contributed by atoms with Crippen LogP contribution in [0.15, 0.2) is 67.0 Å². The largest absolute Gasteiger partial charge is 0.494 e. The number of aromatic amines is 1. The quantitative estimate of drug-likeness (QED) is 0.208. The number of H-pyrrole nitrogens is 1. The lowest BCUT2D eigenvalue weighted by Crippen LogP contribution is -2.16. The van der Waals surface area contributed by atoms with Gasteiger partial charge in [0.05, 0.1) is 29.5 Å². The van der Waals surface area contributed by atoms with Gasteiger partial charge in [-0.1, -0.05) is 12.1 Å². The molecule has 0 radical (unpaired) electrons. The minimum Gasteiger partial charge on any atom is -0.494 e. The van der Waals surface area contributed by atoms with Crippen molar-refractivity contribution in [3.8, 4) is 28.6 Å². The lowest BCUT2D eigenvalue weighted by molar-refractivity contribution is 0.146. The van der Waals surface area contributed by atoms with E-state index in [1.165, 1.54) is 6.33 Å². The van der Waals surface area contributed by atoms with Crippen molar-refractivity contribution in [2.24, 2.45) is 0 Å². The van der Waals surface area contributed by atoms with Crippen LogP contribution in [0.4, 0.5) is 10.5 Å². The minimum absolute atomic E-state index is 0.0723. The first-order chi connectivity index (χ1) is 18.4. The van der Waals surface area contributed by atoms with Gasteiger partial charge >= 0.3 is 6.09 Å². The van der Waals surface area contributed by atoms with Gasteiger partial charge in [-0.25, -0.2) is 14.8 Å². The molecule has 0 bridgehead atoms. The zero-order valence-corrected chi connectivity index (χ0v) is 20.8. The van der Waals surface area contributed by atoms with E-state index in [-0.39, 0.29) is 11.6 Å². The number of rotatable bonds is 8. The number of nitrogens with zero attached hydrogens (tertiary/aromatic N) is 2. The normalized spacial score (nSPS) is 12.0. The second-order valence-electron chi connectivity index (χ2n) is 8.61. The summed E-state index contributed by atoms with van der Waals surface area (Å²) in [6.45, 7) is 2.52. The van der Waals surface area contributed by atoms with E-state index in [2.05, 4.69) is 20.3 Å². The van der Waals surface area contributed by atoms with E-state index < -0.39 is 12.2 Å². The number of carbonyl (C=O) groups is 1. The highest BCUT2D eigenvalue weighted by atomic mass is 16.6. The Morgan fingerprint density at radius 1 is 1.03 bits per heavy atom. The van der Waals surface area contributed by atoms with Crippen LogP contribution in [-0.4, -0.2) is 51.6 Å². The number of aliphatic hydroxyl groups is 1. The molecule has 1 amide bonds. The van der Waals surface area contributed by atoms with Crippen LogP contribution >= 0.6 is 0 Å². The van der Waals surface area contributed by atoms with Gasteiger partial charge in [0.2, 0.25) is 0 Å². The van der Waals surface area contributed by atoms with Crippen LogP contribution < -0.4 is 14.8 Å². The highest BCUT2D eigenvalue weighted by Gasteiger charge is 2.19. The first kappa shape index (κ1) is 25.0. The Kier molecular flexibility index (Phi) is 7.07. The molecule has 0 fully saturated rings. The average Bonchev–Trinajstić information content (AvgIpc) is 3.23. The van der Waals surface area contributed by atoms with E-state index in [9.17, 15) is 15.0 Å². The highest BCUT2D eigenvalue weighted by molar-refractivity contribution is 6.05. The number of aromatic nitrogens is 3. The molecule has 0 aliphatic heterocycles. The second kappa shape index (κ2) is 10.8. The smallest absolute Gasteiger partial charge is 0.417 e. The number of methoxy groups -OCH3 is 1. The molecule has 10 nitrogen and oxygen atoms in total. The van der Waals surface area contributed by atoms with Crippen LogP contribution in [0.2, 0.25) is 0 Å². The summed E-state index contributed by atoms with van der Waals surface area (Å²) in [5.41, 5.74) is 3.41. The fraction of sp³-hybridized carbons (Fsp3) is 0.179. The molecule has 0 aliphatic carbocycles. The Morgan fingerprint density at radius 2 is 1.87 bits per heavy atom. The summed E-state index contributed by atoms with van der Waals surface area (Å²) in [5, 5.41) is 24.6. The van der Waals surface area contributed by atoms with Gasteiger partial charge in [0, 0.05) is 35.2 Å². The number of benzene rings is 3. The van der Waals surface area contributed by atoms with Crippen LogP contribution in [0.25, 0.3) is 33.1 Å². The summed E-state index contributed by atoms with van der Waals surface area (Å²) < 4.78 is 16.2. The van der Waals surface area contributed by atoms with Gasteiger partial charge in [0.1, 0.15) is 24.4 Å². The number of anilines is 1. The van der Waals surface area contributed by atoms with Crippen molar-refractivity contribution in [1.82, 2.24) is 15.0 Å². The second-order valence-corrected chi connectivity index (χ2v) is 8.61. The molecule has 5 aromatic rings. The first-order valence-electron chi connectivity index (χ1n) is 11.9. The molecule has 1 unspecified atom stereocenters. The Morgan fingerprint density at radius 3 is 2.68 bits per heavy atom. The number of aliphatic hydroxyl groups excluding tert-OH is 1. The van der Waals surface area contributed by atoms with Gasteiger partial charge in [-0.15, -0.1) is 0 Å². The zero-order valence-electron chi connectivity index (χ0n) is 20.8. The molecule has 0 aliphatic rings. The van der Waals surface area contributed by atoms with Crippen molar-refractivity contribution in [2.75, 3.05) is 25.6 Å². The van der Waals surface area contributed by atoms with E-state index in [0.717, 1.165) is 0 Å². The summed E-state index contributed by atoms with van der Waals surface area (Å²) in [6.07, 6.45) is 0.0636. The monoisotopic (exact) mass is 514 g/mol. The van der Waals surface area contributed by atoms with Gasteiger partial charge in [-0.3, -0.25) is 5.32 Å². The predicted molar refractivity (Wildman–Crippen MR) is 143 cm³/mol. The average molecular weight is 515 g/mol. The number of aromatic hydroxyl groups is 1. The van der Waals surface area contributed by atoms with Crippen molar-refractivity contribution < 1.29 is 29.2 Å². The summed E-state index contributed by atoms with van der Waals surface area (Å²) in [5.74, 6) is 0.842. The third-order valence-electron chi connectivity index (χ3n) is 5.98. The Hall–Kier alpha value is -4.67. The van der Waals surface area contributed by atoms with E-state index in [0.29, 0.717) is 63.3 Å². The molecule has 0 saturated heterocycles. The van der Waals surface area contributed by atoms with Gasteiger partial charge in [0.15, 0.2) is 5.88 Å². The number of fused-ring (bicyclic) bond motifs is 2. The van der Waals surface area contributed by atoms with Crippen LogP contribution in [0.3, 0.4) is 0 Å². The Balaban J connectivity index is 1.44. The topological polar surface area (TPSA) is 139 Å². The van der Waals surface area contributed by atoms with E-state index >= 15 is 0 Å². The fourth-order valence-electron chi connectivity index (χ4n) is 4.16. The standard InChI is InChI=1S/C28H26N4O6/c1-16(33)17-4-3-5-18(12-17)31-28(35)38-20-7-9-23-22(13-20)25(27(34)32-23)26-21-8-6-19(37-11-10-36-2)14-24(21)29-15-30-26/h3-9,12-16,32-34H,10-11H2,1-2H3,(H,31,35). The predicted octanol–water partition coefficient (Wildman–Crippen LogP) is 5.17. The van der Waals surface area contributed by atoms with E-state index in [4.69, 9.17) is 14.2 Å². The summed E-state index contributed by atoms with van der Waals surface area (Å²) in [7, 11) is 1.61. The molecule has 4 N–H and O–H groups in total. The summed E-state index contributed by atoms with van der Waals surface area (Å²) >= 11 is 0. The van der Waals surface area contributed by atoms with Crippen LogP contribution in [-0.2, 0) is 4.74 Å². The maximum Gasteiger partial charge on any atom is 0.417 e. The molecule has 3 aromatic carbocycles. The molecular formula is C28H26N4O6. The van der Waals surface area contributed by atoms with Gasteiger partial charge in [-0.05, 0) is 55.0 Å². The lowest BCUT2D eigenvalue weighted by Gasteiger charge is -2.10. The van der Waals surface area contributed by atoms with Crippen molar-refractivity contribution in [1.29, 1.82) is 0 Å². The minimum atomic E-state index is -0.693. The van der Waals surface area contributed by atoms with Crippen molar-refractivity contribution in [2.45, 2.75) is 13.0 Å². The molecule has 2 heterocycles. The number of hydrogen-bond acceptors (Lipinski definition) is 8. The molecule has 10 heteroatoms. The van der Waals surface area contributed by atoms with Crippen LogP contribution in [0.5, 0.6) is 17.4 Å². The van der Waals surface area contributed by atoms with Gasteiger partial charge in [0.25, 0.3) is 0 Å². The molecule has 0 saturated carbocycles. The highest BCUT2D eigenvalue weighted by Crippen LogP contribution is 2.40. The maximum absolute atomic E-state index is 12.6. The van der Waals surface area contributed by atoms with Crippen molar-refractivity contribution >= 4 is 33.6 Å². The summed E-state index contributed by atoms with van der Waals surface area (Å²) in [4.78, 5) is 24.3. The SMILES string of the molecule is COCCOc1ccc2c(-c3c(O)[nH]c4ccc(OC(=O)Nc5cccc(C(C)O)c5)cc34)ncnc2c1. The molecule has 38 heavy (non-hydrogen) atoms. The fourth-order valence-corrected chi connectivity index (χ4v) is 4.16. The maximum atomic E-state index is 12.6. The third-order valence-corrected chi connectivity index (χ3v) is 5.98. The molecular weight excluding hydrogens is 488 g/mol. The molecule has 1 atom stereocenters. The summed E-state index contributed by atoms with van der Waals surface area (Å²) in [6, 6.07) is 17.3. The Bertz CT molecular complexity index is 1610. The van der Waals surface area contributed by atoms with Gasteiger partial charge in [-0.2, -0.15) is 0 Å². The molecule has 2 aromatic heterocycles. The number of carbonyl (C=O) groups excluding carboxylic acids is 1.